The van der Waals surface area contributed by atoms with E-state index in [1.54, 1.807) is 28.0 Å². The van der Waals surface area contributed by atoms with Gasteiger partial charge in [-0.25, -0.2) is 17.2 Å². The summed E-state index contributed by atoms with van der Waals surface area (Å²) in [6, 6.07) is 13.6. The number of carbonyl (C=O) groups is 2. The van der Waals surface area contributed by atoms with Crippen LogP contribution in [0.1, 0.15) is 49.3 Å². The van der Waals surface area contributed by atoms with Crippen LogP contribution in [0.5, 0.6) is 5.75 Å². The number of benzene rings is 3. The van der Waals surface area contributed by atoms with E-state index in [0.29, 0.717) is 55.6 Å². The molecule has 0 aromatic heterocycles. The standard InChI is InChI=1S/C33H33ClF2N2O5S/c1-21(39)37-15-12-22(13-16-37)32(40)38-17-14-33(44(41,42)28-8-5-25(35)6-9-28)29-10-7-27(18-23(29)3-11-31(33)38)43-20-24-2-4-26(36)19-30(24)34/h2,4-10,18-19,22,31H,3,11-17,20H2,1H3/t31-,33-/m1/s1. The first-order valence-corrected chi connectivity index (χ1v) is 16.6. The highest BCUT2D eigenvalue weighted by atomic mass is 35.5. The first-order valence-electron chi connectivity index (χ1n) is 14.8. The zero-order valence-corrected chi connectivity index (χ0v) is 25.8. The zero-order valence-electron chi connectivity index (χ0n) is 24.3. The van der Waals surface area contributed by atoms with Crippen molar-refractivity contribution in [3.8, 4) is 5.75 Å². The molecule has 1 aliphatic carbocycles. The molecule has 11 heteroatoms. The van der Waals surface area contributed by atoms with Crippen molar-refractivity contribution in [1.82, 2.24) is 9.80 Å². The molecule has 0 N–H and O–H groups in total. The molecule has 3 aliphatic rings. The first-order chi connectivity index (χ1) is 21.0. The summed E-state index contributed by atoms with van der Waals surface area (Å²) < 4.78 is 61.1. The minimum Gasteiger partial charge on any atom is -0.489 e. The van der Waals surface area contributed by atoms with Crippen molar-refractivity contribution < 1.29 is 31.5 Å². The molecule has 44 heavy (non-hydrogen) atoms. The van der Waals surface area contributed by atoms with E-state index in [0.717, 1.165) is 17.7 Å². The smallest absolute Gasteiger partial charge is 0.226 e. The second kappa shape index (κ2) is 11.8. The third-order valence-corrected chi connectivity index (χ3v) is 12.3. The molecule has 3 aromatic carbocycles. The molecule has 0 spiro atoms. The summed E-state index contributed by atoms with van der Waals surface area (Å²) in [5.41, 5.74) is 2.03. The van der Waals surface area contributed by atoms with Crippen molar-refractivity contribution in [2.45, 2.75) is 61.3 Å². The van der Waals surface area contributed by atoms with Crippen LogP contribution in [0.15, 0.2) is 65.6 Å². The number of likely N-dealkylation sites (tertiary alicyclic amines) is 2. The predicted octanol–water partition coefficient (Wildman–Crippen LogP) is 5.67. The Balaban J connectivity index is 1.34. The molecule has 3 aromatic rings. The highest BCUT2D eigenvalue weighted by Crippen LogP contribution is 2.53. The Hall–Kier alpha value is -3.50. The van der Waals surface area contributed by atoms with Gasteiger partial charge in [0.1, 0.15) is 28.7 Å². The Bertz CT molecular complexity index is 1710. The number of aryl methyl sites for hydroxylation is 1. The Labute approximate surface area is 260 Å². The van der Waals surface area contributed by atoms with E-state index in [1.807, 2.05) is 6.07 Å². The fourth-order valence-electron chi connectivity index (χ4n) is 7.16. The topological polar surface area (TPSA) is 84.0 Å². The molecule has 7 nitrogen and oxygen atoms in total. The highest BCUT2D eigenvalue weighted by molar-refractivity contribution is 7.92. The Morgan fingerprint density at radius 3 is 2.34 bits per heavy atom. The second-order valence-corrected chi connectivity index (χ2v) is 14.4. The number of amides is 2. The van der Waals surface area contributed by atoms with E-state index in [9.17, 15) is 26.8 Å². The van der Waals surface area contributed by atoms with Crippen LogP contribution in [0.25, 0.3) is 0 Å². The van der Waals surface area contributed by atoms with Gasteiger partial charge in [-0.15, -0.1) is 0 Å². The van der Waals surface area contributed by atoms with Crippen LogP contribution in [0.3, 0.4) is 0 Å². The van der Waals surface area contributed by atoms with Gasteiger partial charge in [0.2, 0.25) is 11.8 Å². The number of rotatable bonds is 6. The van der Waals surface area contributed by atoms with Crippen LogP contribution in [-0.4, -0.2) is 55.7 Å². The van der Waals surface area contributed by atoms with Gasteiger partial charge in [-0.2, -0.15) is 0 Å². The highest BCUT2D eigenvalue weighted by Gasteiger charge is 2.61. The summed E-state index contributed by atoms with van der Waals surface area (Å²) in [6.07, 6.45) is 2.23. The van der Waals surface area contributed by atoms with Crippen molar-refractivity contribution in [3.05, 3.63) is 94.0 Å². The maximum Gasteiger partial charge on any atom is 0.226 e. The van der Waals surface area contributed by atoms with Gasteiger partial charge < -0.3 is 14.5 Å². The molecule has 232 valence electrons. The number of ether oxygens (including phenoxy) is 1. The summed E-state index contributed by atoms with van der Waals surface area (Å²) in [4.78, 5) is 29.3. The van der Waals surface area contributed by atoms with Gasteiger partial charge >= 0.3 is 0 Å². The Morgan fingerprint density at radius 2 is 1.66 bits per heavy atom. The normalized spacial score (nSPS) is 22.0. The molecular formula is C33H33ClF2N2O5S. The Morgan fingerprint density at radius 1 is 0.955 bits per heavy atom. The molecule has 2 aliphatic heterocycles. The SMILES string of the molecule is CC(=O)N1CCC(C(=O)N2CC[C@@]3(S(=O)(=O)c4ccc(F)cc4)c4ccc(OCc5ccc(F)cc5Cl)cc4CC[C@@H]23)CC1. The third-order valence-electron chi connectivity index (χ3n) is 9.44. The quantitative estimate of drug-likeness (QED) is 0.324. The molecule has 0 saturated carbocycles. The van der Waals surface area contributed by atoms with Crippen molar-refractivity contribution >= 4 is 33.3 Å². The van der Waals surface area contributed by atoms with Crippen molar-refractivity contribution in [3.63, 3.8) is 0 Å². The van der Waals surface area contributed by atoms with E-state index in [2.05, 4.69) is 0 Å². The van der Waals surface area contributed by atoms with Crippen LogP contribution in [0.2, 0.25) is 5.02 Å². The molecule has 0 radical (unpaired) electrons. The number of hydrogen-bond donors (Lipinski definition) is 0. The van der Waals surface area contributed by atoms with Gasteiger partial charge in [0.05, 0.1) is 16.0 Å². The van der Waals surface area contributed by atoms with Crippen LogP contribution in [-0.2, 0) is 37.2 Å². The predicted molar refractivity (Wildman–Crippen MR) is 161 cm³/mol. The number of piperidine rings is 1. The Kier molecular flexibility index (Phi) is 8.17. The van der Waals surface area contributed by atoms with Crippen LogP contribution < -0.4 is 4.74 Å². The summed E-state index contributed by atoms with van der Waals surface area (Å²) in [7, 11) is -4.09. The minimum atomic E-state index is -4.09. The summed E-state index contributed by atoms with van der Waals surface area (Å²) >= 11 is 6.17. The number of nitrogens with zero attached hydrogens (tertiary/aromatic N) is 2. The number of hydrogen-bond acceptors (Lipinski definition) is 5. The molecule has 2 amide bonds. The minimum absolute atomic E-state index is 0.00657. The van der Waals surface area contributed by atoms with E-state index < -0.39 is 32.3 Å². The molecule has 2 fully saturated rings. The van der Waals surface area contributed by atoms with E-state index in [-0.39, 0.29) is 47.2 Å². The average molecular weight is 643 g/mol. The van der Waals surface area contributed by atoms with Gasteiger partial charge in [-0.3, -0.25) is 9.59 Å². The largest absolute Gasteiger partial charge is 0.489 e. The first kappa shape index (κ1) is 30.5. The average Bonchev–Trinajstić information content (AvgIpc) is 3.42. The van der Waals surface area contributed by atoms with Gasteiger partial charge in [-0.05, 0) is 91.8 Å². The third kappa shape index (κ3) is 5.26. The lowest BCUT2D eigenvalue weighted by molar-refractivity contribution is -0.141. The number of sulfone groups is 1. The molecule has 2 saturated heterocycles. The van der Waals surface area contributed by atoms with Crippen LogP contribution in [0, 0.1) is 17.6 Å². The van der Waals surface area contributed by atoms with Crippen molar-refractivity contribution in [1.29, 1.82) is 0 Å². The van der Waals surface area contributed by atoms with Crippen LogP contribution >= 0.6 is 11.6 Å². The lowest BCUT2D eigenvalue weighted by atomic mass is 9.78. The van der Waals surface area contributed by atoms with Gasteiger partial charge in [0, 0.05) is 38.0 Å². The maximum atomic E-state index is 14.6. The zero-order chi connectivity index (χ0) is 31.2. The molecule has 6 rings (SSSR count). The van der Waals surface area contributed by atoms with E-state index >= 15 is 0 Å². The molecule has 2 heterocycles. The van der Waals surface area contributed by atoms with Crippen molar-refractivity contribution in [2.75, 3.05) is 19.6 Å². The van der Waals surface area contributed by atoms with Crippen molar-refractivity contribution in [2.24, 2.45) is 5.92 Å². The number of fused-ring (bicyclic) bond motifs is 3. The summed E-state index contributed by atoms with van der Waals surface area (Å²) in [5, 5.41) is 0.248. The summed E-state index contributed by atoms with van der Waals surface area (Å²) in [6.45, 7) is 2.89. The second-order valence-electron chi connectivity index (χ2n) is 11.8. The van der Waals surface area contributed by atoms with Gasteiger partial charge in [0.25, 0.3) is 0 Å². The fraction of sp³-hybridized carbons (Fsp3) is 0.394. The number of halogens is 3. The van der Waals surface area contributed by atoms with Gasteiger partial charge in [0.15, 0.2) is 9.84 Å². The molecule has 0 bridgehead atoms. The van der Waals surface area contributed by atoms with Crippen LogP contribution in [0.4, 0.5) is 8.78 Å². The fourth-order valence-corrected chi connectivity index (χ4v) is 9.75. The molecule has 0 unspecified atom stereocenters. The number of carbonyl (C=O) groups excluding carboxylic acids is 2. The maximum absolute atomic E-state index is 14.6. The monoisotopic (exact) mass is 642 g/mol. The lowest BCUT2D eigenvalue weighted by Crippen LogP contribution is -2.53. The van der Waals surface area contributed by atoms with E-state index in [4.69, 9.17) is 16.3 Å². The van der Waals surface area contributed by atoms with E-state index in [1.165, 1.54) is 31.2 Å². The molecular weight excluding hydrogens is 610 g/mol. The molecule has 2 atom stereocenters. The summed E-state index contributed by atoms with van der Waals surface area (Å²) in [5.74, 6) is -0.848. The van der Waals surface area contributed by atoms with Gasteiger partial charge in [-0.1, -0.05) is 23.7 Å². The lowest BCUT2D eigenvalue weighted by Gasteiger charge is -2.43.